The summed E-state index contributed by atoms with van der Waals surface area (Å²) in [6, 6.07) is 4.73. The quantitative estimate of drug-likeness (QED) is 0.426. The Morgan fingerprint density at radius 2 is 2.17 bits per heavy atom. The number of carbonyl (C=O) groups is 1. The van der Waals surface area contributed by atoms with Crippen molar-refractivity contribution in [2.24, 2.45) is 5.73 Å². The molecular formula is C8H10N2O2. The van der Waals surface area contributed by atoms with E-state index in [0.29, 0.717) is 5.56 Å². The average Bonchev–Trinajstić information content (AvgIpc) is 1.98. The van der Waals surface area contributed by atoms with E-state index in [9.17, 15) is 4.79 Å². The van der Waals surface area contributed by atoms with Crippen molar-refractivity contribution in [2.75, 3.05) is 5.73 Å². The summed E-state index contributed by atoms with van der Waals surface area (Å²) in [6.45, 7) is 0. The lowest BCUT2D eigenvalue weighted by Crippen LogP contribution is -2.14. The fourth-order valence-electron chi connectivity index (χ4n) is 0.941. The van der Waals surface area contributed by atoms with Crippen LogP contribution in [0.25, 0.3) is 0 Å². The molecule has 1 rings (SSSR count). The number of primary amides is 1. The number of nitrogen functional groups attached to an aromatic ring is 1. The lowest BCUT2D eigenvalue weighted by molar-refractivity contribution is -0.117. The summed E-state index contributed by atoms with van der Waals surface area (Å²) in [6.07, 6.45) is 0.0558. The second kappa shape index (κ2) is 3.13. The molecule has 0 radical (unpaired) electrons. The number of nitrogens with two attached hydrogens (primary N) is 2. The van der Waals surface area contributed by atoms with Gasteiger partial charge in [-0.15, -0.1) is 0 Å². The molecular weight excluding hydrogens is 156 g/mol. The first-order valence-corrected chi connectivity index (χ1v) is 3.46. The molecule has 0 atom stereocenters. The minimum absolute atomic E-state index is 0.0197. The summed E-state index contributed by atoms with van der Waals surface area (Å²) in [7, 11) is 0. The Balaban J connectivity index is 3.00. The lowest BCUT2D eigenvalue weighted by Gasteiger charge is -2.03. The smallest absolute Gasteiger partial charge is 0.221 e. The molecule has 64 valence electrons. The van der Waals surface area contributed by atoms with E-state index >= 15 is 0 Å². The van der Waals surface area contributed by atoms with Gasteiger partial charge in [-0.3, -0.25) is 4.79 Å². The highest BCUT2D eigenvalue weighted by Crippen LogP contribution is 2.23. The standard InChI is InChI=1S/C8H10N2O2/c9-7(12)4-5-2-1-3-6(11)8(5)10/h1-3,11H,4,10H2,(H2,9,12). The van der Waals surface area contributed by atoms with Gasteiger partial charge in [0.25, 0.3) is 0 Å². The summed E-state index contributed by atoms with van der Waals surface area (Å²) < 4.78 is 0. The lowest BCUT2D eigenvalue weighted by atomic mass is 10.1. The van der Waals surface area contributed by atoms with Crippen LogP contribution in [-0.4, -0.2) is 11.0 Å². The van der Waals surface area contributed by atoms with Gasteiger partial charge in [0.15, 0.2) is 0 Å². The Labute approximate surface area is 69.8 Å². The summed E-state index contributed by atoms with van der Waals surface area (Å²) in [4.78, 5) is 10.5. The van der Waals surface area contributed by atoms with Gasteiger partial charge < -0.3 is 16.6 Å². The Hall–Kier alpha value is -1.71. The second-order valence-electron chi connectivity index (χ2n) is 2.49. The highest BCUT2D eigenvalue weighted by atomic mass is 16.3. The fraction of sp³-hybridized carbons (Fsp3) is 0.125. The summed E-state index contributed by atoms with van der Waals surface area (Å²) >= 11 is 0. The molecule has 0 aliphatic heterocycles. The number of anilines is 1. The van der Waals surface area contributed by atoms with E-state index in [2.05, 4.69) is 0 Å². The van der Waals surface area contributed by atoms with Crippen molar-refractivity contribution in [2.45, 2.75) is 6.42 Å². The largest absolute Gasteiger partial charge is 0.506 e. The van der Waals surface area contributed by atoms with E-state index < -0.39 is 5.91 Å². The molecule has 0 spiro atoms. The van der Waals surface area contributed by atoms with Crippen LogP contribution in [0.3, 0.4) is 0 Å². The number of carbonyl (C=O) groups excluding carboxylic acids is 1. The third kappa shape index (κ3) is 1.66. The third-order valence-corrected chi connectivity index (χ3v) is 1.54. The summed E-state index contributed by atoms with van der Waals surface area (Å²) in [5, 5.41) is 9.14. The topological polar surface area (TPSA) is 89.3 Å². The number of rotatable bonds is 2. The van der Waals surface area contributed by atoms with Crippen LogP contribution in [0.4, 0.5) is 5.69 Å². The Kier molecular flexibility index (Phi) is 2.19. The molecule has 0 heterocycles. The second-order valence-corrected chi connectivity index (χ2v) is 2.49. The predicted octanol–water partition coefficient (Wildman–Crippen LogP) is 0.00220. The molecule has 0 unspecified atom stereocenters. The third-order valence-electron chi connectivity index (χ3n) is 1.54. The molecule has 12 heavy (non-hydrogen) atoms. The number of hydrogen-bond acceptors (Lipinski definition) is 3. The fourth-order valence-corrected chi connectivity index (χ4v) is 0.941. The molecule has 4 heteroatoms. The predicted molar refractivity (Wildman–Crippen MR) is 45.4 cm³/mol. The molecule has 1 aromatic carbocycles. The summed E-state index contributed by atoms with van der Waals surface area (Å²) in [5.74, 6) is -0.485. The molecule has 5 N–H and O–H groups in total. The maximum Gasteiger partial charge on any atom is 0.221 e. The van der Waals surface area contributed by atoms with Crippen LogP contribution in [0.5, 0.6) is 5.75 Å². The van der Waals surface area contributed by atoms with Crippen molar-refractivity contribution < 1.29 is 9.90 Å². The van der Waals surface area contributed by atoms with Gasteiger partial charge in [-0.25, -0.2) is 0 Å². The highest BCUT2D eigenvalue weighted by molar-refractivity contribution is 5.79. The first-order valence-electron chi connectivity index (χ1n) is 3.46. The van der Waals surface area contributed by atoms with E-state index in [-0.39, 0.29) is 17.9 Å². The number of hydrogen-bond donors (Lipinski definition) is 3. The van der Waals surface area contributed by atoms with Gasteiger partial charge in [0.2, 0.25) is 5.91 Å². The molecule has 1 aromatic rings. The zero-order valence-electron chi connectivity index (χ0n) is 6.45. The molecule has 0 bridgehead atoms. The number of aromatic hydroxyl groups is 1. The van der Waals surface area contributed by atoms with Gasteiger partial charge in [-0.05, 0) is 11.6 Å². The number of phenolic OH excluding ortho intramolecular Hbond substituents is 1. The molecule has 4 nitrogen and oxygen atoms in total. The molecule has 0 fully saturated rings. The molecule has 0 aliphatic carbocycles. The Morgan fingerprint density at radius 3 is 2.75 bits per heavy atom. The zero-order valence-corrected chi connectivity index (χ0v) is 6.45. The van der Waals surface area contributed by atoms with Crippen LogP contribution < -0.4 is 11.5 Å². The van der Waals surface area contributed by atoms with Crippen LogP contribution in [-0.2, 0) is 11.2 Å². The van der Waals surface area contributed by atoms with Crippen molar-refractivity contribution >= 4 is 11.6 Å². The number of para-hydroxylation sites is 1. The molecule has 0 aliphatic rings. The minimum Gasteiger partial charge on any atom is -0.506 e. The van der Waals surface area contributed by atoms with E-state index in [1.165, 1.54) is 6.07 Å². The Morgan fingerprint density at radius 1 is 1.50 bits per heavy atom. The van der Waals surface area contributed by atoms with Crippen LogP contribution in [0.2, 0.25) is 0 Å². The average molecular weight is 166 g/mol. The van der Waals surface area contributed by atoms with Crippen molar-refractivity contribution in [1.29, 1.82) is 0 Å². The summed E-state index contributed by atoms with van der Waals surface area (Å²) in [5.41, 5.74) is 11.2. The molecule has 0 saturated carbocycles. The maximum absolute atomic E-state index is 10.5. The van der Waals surface area contributed by atoms with Crippen molar-refractivity contribution in [3.63, 3.8) is 0 Å². The van der Waals surface area contributed by atoms with Crippen LogP contribution in [0.1, 0.15) is 5.56 Å². The van der Waals surface area contributed by atoms with E-state index in [0.717, 1.165) is 0 Å². The number of amides is 1. The van der Waals surface area contributed by atoms with Gasteiger partial charge >= 0.3 is 0 Å². The van der Waals surface area contributed by atoms with E-state index in [4.69, 9.17) is 16.6 Å². The van der Waals surface area contributed by atoms with Gasteiger partial charge in [0, 0.05) is 0 Å². The van der Waals surface area contributed by atoms with Gasteiger partial charge in [0.05, 0.1) is 12.1 Å². The van der Waals surface area contributed by atoms with Gasteiger partial charge in [-0.1, -0.05) is 12.1 Å². The minimum atomic E-state index is -0.465. The number of phenols is 1. The van der Waals surface area contributed by atoms with E-state index in [1.54, 1.807) is 12.1 Å². The van der Waals surface area contributed by atoms with Crippen molar-refractivity contribution in [3.05, 3.63) is 23.8 Å². The van der Waals surface area contributed by atoms with E-state index in [1.807, 2.05) is 0 Å². The Bertz CT molecular complexity index is 310. The highest BCUT2D eigenvalue weighted by Gasteiger charge is 2.05. The van der Waals surface area contributed by atoms with Crippen molar-refractivity contribution in [1.82, 2.24) is 0 Å². The van der Waals surface area contributed by atoms with Crippen LogP contribution in [0, 0.1) is 0 Å². The van der Waals surface area contributed by atoms with Crippen LogP contribution >= 0.6 is 0 Å². The molecule has 1 amide bonds. The molecule has 0 saturated heterocycles. The molecule has 0 aromatic heterocycles. The van der Waals surface area contributed by atoms with Crippen LogP contribution in [0.15, 0.2) is 18.2 Å². The number of benzene rings is 1. The van der Waals surface area contributed by atoms with Gasteiger partial charge in [-0.2, -0.15) is 0 Å². The zero-order chi connectivity index (χ0) is 9.14. The maximum atomic E-state index is 10.5. The SMILES string of the molecule is NC(=O)Cc1cccc(O)c1N. The van der Waals surface area contributed by atoms with Gasteiger partial charge in [0.1, 0.15) is 5.75 Å². The van der Waals surface area contributed by atoms with Crippen molar-refractivity contribution in [3.8, 4) is 5.75 Å². The first-order chi connectivity index (χ1) is 5.61. The first kappa shape index (κ1) is 8.39. The normalized spacial score (nSPS) is 9.67. The monoisotopic (exact) mass is 166 g/mol.